The fourth-order valence-electron chi connectivity index (χ4n) is 0.705. The SMILES string of the molecule is O=C(O)N1CC=CCCO1. The van der Waals surface area contributed by atoms with Crippen molar-refractivity contribution in [2.75, 3.05) is 13.2 Å². The van der Waals surface area contributed by atoms with Gasteiger partial charge in [-0.25, -0.2) is 4.79 Å². The van der Waals surface area contributed by atoms with Crippen molar-refractivity contribution in [2.45, 2.75) is 6.42 Å². The molecule has 0 spiro atoms. The van der Waals surface area contributed by atoms with Crippen molar-refractivity contribution in [1.82, 2.24) is 5.06 Å². The van der Waals surface area contributed by atoms with E-state index in [1.165, 1.54) is 0 Å². The van der Waals surface area contributed by atoms with Crippen LogP contribution in [0.15, 0.2) is 12.2 Å². The summed E-state index contributed by atoms with van der Waals surface area (Å²) in [4.78, 5) is 15.1. The summed E-state index contributed by atoms with van der Waals surface area (Å²) in [6, 6.07) is 0. The Morgan fingerprint density at radius 2 is 2.40 bits per heavy atom. The van der Waals surface area contributed by atoms with Crippen LogP contribution in [0.3, 0.4) is 0 Å². The molecule has 0 atom stereocenters. The highest BCUT2D eigenvalue weighted by Crippen LogP contribution is 1.99. The van der Waals surface area contributed by atoms with Gasteiger partial charge in [0.1, 0.15) is 0 Å². The average Bonchev–Trinajstić information content (AvgIpc) is 2.12. The van der Waals surface area contributed by atoms with Crippen molar-refractivity contribution in [2.24, 2.45) is 0 Å². The lowest BCUT2D eigenvalue weighted by molar-refractivity contribution is -0.119. The van der Waals surface area contributed by atoms with Gasteiger partial charge in [-0.3, -0.25) is 4.84 Å². The number of amides is 1. The van der Waals surface area contributed by atoms with Crippen LogP contribution in [0.25, 0.3) is 0 Å². The van der Waals surface area contributed by atoms with Crippen LogP contribution in [0.2, 0.25) is 0 Å². The van der Waals surface area contributed by atoms with Crippen LogP contribution in [-0.4, -0.2) is 29.4 Å². The summed E-state index contributed by atoms with van der Waals surface area (Å²) in [7, 11) is 0. The van der Waals surface area contributed by atoms with E-state index < -0.39 is 6.09 Å². The molecule has 1 amide bonds. The third kappa shape index (κ3) is 1.73. The maximum Gasteiger partial charge on any atom is 0.431 e. The highest BCUT2D eigenvalue weighted by atomic mass is 16.7. The Kier molecular flexibility index (Phi) is 2.28. The van der Waals surface area contributed by atoms with Crippen molar-refractivity contribution in [3.05, 3.63) is 12.2 Å². The van der Waals surface area contributed by atoms with E-state index >= 15 is 0 Å². The van der Waals surface area contributed by atoms with Crippen LogP contribution in [0, 0.1) is 0 Å². The van der Waals surface area contributed by atoms with Gasteiger partial charge in [-0.1, -0.05) is 12.2 Å². The molecule has 1 aliphatic heterocycles. The standard InChI is InChI=1S/C6H9NO3/c8-6(9)7-4-2-1-3-5-10-7/h1-2H,3-5H2,(H,8,9). The second-order valence-electron chi connectivity index (χ2n) is 1.94. The Balaban J connectivity index is 2.45. The Labute approximate surface area is 58.7 Å². The summed E-state index contributed by atoms with van der Waals surface area (Å²) >= 11 is 0. The Hall–Kier alpha value is -1.03. The van der Waals surface area contributed by atoms with E-state index in [-0.39, 0.29) is 0 Å². The second-order valence-corrected chi connectivity index (χ2v) is 1.94. The van der Waals surface area contributed by atoms with Crippen LogP contribution < -0.4 is 0 Å². The van der Waals surface area contributed by atoms with Crippen LogP contribution >= 0.6 is 0 Å². The van der Waals surface area contributed by atoms with Crippen molar-refractivity contribution >= 4 is 6.09 Å². The Morgan fingerprint density at radius 1 is 1.60 bits per heavy atom. The maximum atomic E-state index is 10.3. The molecular weight excluding hydrogens is 134 g/mol. The Morgan fingerprint density at radius 3 is 3.10 bits per heavy atom. The number of hydrogen-bond donors (Lipinski definition) is 1. The predicted molar refractivity (Wildman–Crippen MR) is 34.4 cm³/mol. The summed E-state index contributed by atoms with van der Waals surface area (Å²) in [6.07, 6.45) is 3.43. The van der Waals surface area contributed by atoms with Gasteiger partial charge < -0.3 is 5.11 Å². The lowest BCUT2D eigenvalue weighted by Crippen LogP contribution is -2.29. The minimum atomic E-state index is -1.04. The largest absolute Gasteiger partial charge is 0.463 e. The van der Waals surface area contributed by atoms with E-state index in [0.29, 0.717) is 13.2 Å². The quantitative estimate of drug-likeness (QED) is 0.511. The second kappa shape index (κ2) is 3.22. The molecular formula is C6H9NO3. The summed E-state index contributed by atoms with van der Waals surface area (Å²) in [5, 5.41) is 9.35. The molecule has 0 bridgehead atoms. The van der Waals surface area contributed by atoms with Crippen LogP contribution in [0.1, 0.15) is 6.42 Å². The van der Waals surface area contributed by atoms with Crippen molar-refractivity contribution in [1.29, 1.82) is 0 Å². The molecule has 56 valence electrons. The number of rotatable bonds is 0. The topological polar surface area (TPSA) is 49.8 Å². The molecule has 1 heterocycles. The first-order valence-corrected chi connectivity index (χ1v) is 3.09. The smallest absolute Gasteiger partial charge is 0.431 e. The van der Waals surface area contributed by atoms with E-state index in [4.69, 9.17) is 9.94 Å². The number of hydroxylamine groups is 2. The summed E-state index contributed by atoms with van der Waals surface area (Å²) in [5.41, 5.74) is 0. The molecule has 0 aromatic carbocycles. The summed E-state index contributed by atoms with van der Waals surface area (Å²) in [6.45, 7) is 0.776. The molecule has 1 N–H and O–H groups in total. The maximum absolute atomic E-state index is 10.3. The first-order chi connectivity index (χ1) is 4.80. The number of nitrogens with zero attached hydrogens (tertiary/aromatic N) is 1. The first kappa shape index (κ1) is 7.08. The lowest BCUT2D eigenvalue weighted by Gasteiger charge is -2.13. The number of carbonyl (C=O) groups is 1. The van der Waals surface area contributed by atoms with Gasteiger partial charge in [-0.15, -0.1) is 0 Å². The summed E-state index contributed by atoms with van der Waals surface area (Å²) in [5.74, 6) is 0. The van der Waals surface area contributed by atoms with Crippen LogP contribution in [0.5, 0.6) is 0 Å². The van der Waals surface area contributed by atoms with Gasteiger partial charge in [0.25, 0.3) is 0 Å². The van der Waals surface area contributed by atoms with E-state index in [0.717, 1.165) is 11.5 Å². The molecule has 10 heavy (non-hydrogen) atoms. The van der Waals surface area contributed by atoms with Crippen LogP contribution in [-0.2, 0) is 4.84 Å². The van der Waals surface area contributed by atoms with Gasteiger partial charge in [-0.2, -0.15) is 5.06 Å². The van der Waals surface area contributed by atoms with Gasteiger partial charge in [0, 0.05) is 0 Å². The predicted octanol–water partition coefficient (Wildman–Crippen LogP) is 0.858. The van der Waals surface area contributed by atoms with E-state index in [2.05, 4.69) is 0 Å². The molecule has 0 radical (unpaired) electrons. The molecule has 1 aliphatic rings. The van der Waals surface area contributed by atoms with Gasteiger partial charge in [-0.05, 0) is 6.42 Å². The van der Waals surface area contributed by atoms with E-state index in [1.807, 2.05) is 6.08 Å². The highest BCUT2D eigenvalue weighted by Gasteiger charge is 2.11. The lowest BCUT2D eigenvalue weighted by atomic mass is 10.4. The Bertz CT molecular complexity index is 155. The average molecular weight is 143 g/mol. The fraction of sp³-hybridized carbons (Fsp3) is 0.500. The summed E-state index contributed by atoms with van der Waals surface area (Å²) < 4.78 is 0. The molecule has 0 aliphatic carbocycles. The van der Waals surface area contributed by atoms with E-state index in [1.54, 1.807) is 6.08 Å². The molecule has 0 aromatic heterocycles. The number of hydrogen-bond acceptors (Lipinski definition) is 2. The zero-order valence-corrected chi connectivity index (χ0v) is 5.49. The molecule has 0 fully saturated rings. The molecule has 1 rings (SSSR count). The van der Waals surface area contributed by atoms with Gasteiger partial charge in [0.15, 0.2) is 0 Å². The number of carboxylic acid groups (broad SMARTS) is 1. The minimum Gasteiger partial charge on any atom is -0.463 e. The third-order valence-electron chi connectivity index (χ3n) is 1.18. The third-order valence-corrected chi connectivity index (χ3v) is 1.18. The zero-order valence-electron chi connectivity index (χ0n) is 5.49. The molecule has 0 saturated carbocycles. The normalized spacial score (nSPS) is 18.6. The first-order valence-electron chi connectivity index (χ1n) is 3.09. The van der Waals surface area contributed by atoms with E-state index in [9.17, 15) is 4.79 Å². The van der Waals surface area contributed by atoms with Crippen LogP contribution in [0.4, 0.5) is 4.79 Å². The molecule has 0 aromatic rings. The van der Waals surface area contributed by atoms with Crippen molar-refractivity contribution in [3.8, 4) is 0 Å². The van der Waals surface area contributed by atoms with Gasteiger partial charge in [0.05, 0.1) is 13.2 Å². The van der Waals surface area contributed by atoms with Gasteiger partial charge in [0.2, 0.25) is 0 Å². The zero-order chi connectivity index (χ0) is 7.40. The molecule has 4 heteroatoms. The van der Waals surface area contributed by atoms with Crippen molar-refractivity contribution < 1.29 is 14.7 Å². The molecule has 0 unspecified atom stereocenters. The molecule has 4 nitrogen and oxygen atoms in total. The van der Waals surface area contributed by atoms with Crippen molar-refractivity contribution in [3.63, 3.8) is 0 Å². The minimum absolute atomic E-state index is 0.329. The molecule has 0 saturated heterocycles. The monoisotopic (exact) mass is 143 g/mol. The highest BCUT2D eigenvalue weighted by molar-refractivity contribution is 5.63. The van der Waals surface area contributed by atoms with Gasteiger partial charge >= 0.3 is 6.09 Å². The fourth-order valence-corrected chi connectivity index (χ4v) is 0.705.